The fraction of sp³-hybridized carbons (Fsp3) is 0.0952. The third-order valence-corrected chi connectivity index (χ3v) is 6.00. The number of carbonyl (C=O) groups excluding carboxylic acids is 1. The SMILES string of the molecule is Cc1ccc(S(=O)(=O)N(C)c2ccc(C(=O)Nc3ccccc3)cc2)cc1. The first kappa shape index (κ1) is 18.7. The molecule has 6 heteroatoms. The van der Waals surface area contributed by atoms with Crippen molar-refractivity contribution in [2.75, 3.05) is 16.7 Å². The number of sulfonamides is 1. The van der Waals surface area contributed by atoms with Crippen LogP contribution in [0, 0.1) is 6.92 Å². The summed E-state index contributed by atoms with van der Waals surface area (Å²) < 4.78 is 26.7. The zero-order chi connectivity index (χ0) is 19.4. The highest BCUT2D eigenvalue weighted by molar-refractivity contribution is 7.92. The predicted octanol–water partition coefficient (Wildman–Crippen LogP) is 4.07. The van der Waals surface area contributed by atoms with Crippen LogP contribution in [0.3, 0.4) is 0 Å². The summed E-state index contributed by atoms with van der Waals surface area (Å²) in [6.45, 7) is 1.90. The van der Waals surface area contributed by atoms with Crippen LogP contribution in [0.5, 0.6) is 0 Å². The molecule has 3 aromatic rings. The van der Waals surface area contributed by atoms with E-state index in [4.69, 9.17) is 0 Å². The second-order valence-electron chi connectivity index (χ2n) is 6.15. The van der Waals surface area contributed by atoms with Crippen molar-refractivity contribution in [3.63, 3.8) is 0 Å². The molecule has 27 heavy (non-hydrogen) atoms. The van der Waals surface area contributed by atoms with Gasteiger partial charge in [-0.1, -0.05) is 35.9 Å². The Morgan fingerprint density at radius 3 is 2.04 bits per heavy atom. The van der Waals surface area contributed by atoms with E-state index in [2.05, 4.69) is 5.32 Å². The lowest BCUT2D eigenvalue weighted by Gasteiger charge is -2.20. The summed E-state index contributed by atoms with van der Waals surface area (Å²) >= 11 is 0. The Morgan fingerprint density at radius 1 is 0.852 bits per heavy atom. The van der Waals surface area contributed by atoms with Gasteiger partial charge in [-0.15, -0.1) is 0 Å². The third kappa shape index (κ3) is 4.17. The van der Waals surface area contributed by atoms with E-state index in [1.54, 1.807) is 60.7 Å². The Labute approximate surface area is 159 Å². The lowest BCUT2D eigenvalue weighted by Crippen LogP contribution is -2.26. The number of hydrogen-bond donors (Lipinski definition) is 1. The van der Waals surface area contributed by atoms with Gasteiger partial charge in [0.1, 0.15) is 0 Å². The maximum atomic E-state index is 12.8. The number of nitrogens with zero attached hydrogens (tertiary/aromatic N) is 1. The summed E-state index contributed by atoms with van der Waals surface area (Å²) in [4.78, 5) is 12.5. The van der Waals surface area contributed by atoms with E-state index in [9.17, 15) is 13.2 Å². The molecule has 3 rings (SSSR count). The number of benzene rings is 3. The monoisotopic (exact) mass is 380 g/mol. The minimum Gasteiger partial charge on any atom is -0.322 e. The zero-order valence-electron chi connectivity index (χ0n) is 15.1. The first-order chi connectivity index (χ1) is 12.9. The molecule has 0 aliphatic heterocycles. The van der Waals surface area contributed by atoms with Crippen molar-refractivity contribution in [1.29, 1.82) is 0 Å². The molecule has 3 aromatic carbocycles. The molecule has 1 N–H and O–H groups in total. The number of para-hydroxylation sites is 1. The molecule has 5 nitrogen and oxygen atoms in total. The van der Waals surface area contributed by atoms with Crippen molar-refractivity contribution in [3.05, 3.63) is 90.0 Å². The molecule has 0 aromatic heterocycles. The van der Waals surface area contributed by atoms with Crippen LogP contribution in [-0.4, -0.2) is 21.4 Å². The van der Waals surface area contributed by atoms with Crippen molar-refractivity contribution < 1.29 is 13.2 Å². The van der Waals surface area contributed by atoms with Crippen molar-refractivity contribution in [3.8, 4) is 0 Å². The molecule has 0 unspecified atom stereocenters. The summed E-state index contributed by atoms with van der Waals surface area (Å²) in [5.41, 5.74) is 2.62. The smallest absolute Gasteiger partial charge is 0.264 e. The molecule has 0 aliphatic rings. The summed E-state index contributed by atoms with van der Waals surface area (Å²) in [5, 5.41) is 2.80. The lowest BCUT2D eigenvalue weighted by atomic mass is 10.2. The number of aryl methyl sites for hydroxylation is 1. The van der Waals surface area contributed by atoms with E-state index >= 15 is 0 Å². The maximum Gasteiger partial charge on any atom is 0.264 e. The highest BCUT2D eigenvalue weighted by Gasteiger charge is 2.21. The van der Waals surface area contributed by atoms with Crippen LogP contribution in [0.1, 0.15) is 15.9 Å². The molecule has 0 atom stereocenters. The van der Waals surface area contributed by atoms with E-state index in [0.717, 1.165) is 5.56 Å². The average Bonchev–Trinajstić information content (AvgIpc) is 2.68. The average molecular weight is 380 g/mol. The molecule has 0 radical (unpaired) electrons. The summed E-state index contributed by atoms with van der Waals surface area (Å²) in [5.74, 6) is -0.253. The number of rotatable bonds is 5. The normalized spacial score (nSPS) is 11.0. The molecular formula is C21H20N2O3S. The Morgan fingerprint density at radius 2 is 1.44 bits per heavy atom. The van der Waals surface area contributed by atoms with Gasteiger partial charge in [-0.25, -0.2) is 8.42 Å². The van der Waals surface area contributed by atoms with Crippen LogP contribution in [0.25, 0.3) is 0 Å². The molecule has 0 saturated carbocycles. The van der Waals surface area contributed by atoms with Gasteiger partial charge in [0, 0.05) is 18.3 Å². The lowest BCUT2D eigenvalue weighted by molar-refractivity contribution is 0.102. The Kier molecular flexibility index (Phi) is 5.28. The first-order valence-electron chi connectivity index (χ1n) is 8.40. The van der Waals surface area contributed by atoms with Crippen LogP contribution in [0.2, 0.25) is 0 Å². The number of carbonyl (C=O) groups is 1. The van der Waals surface area contributed by atoms with Crippen molar-refractivity contribution in [1.82, 2.24) is 0 Å². The molecule has 0 fully saturated rings. The quantitative estimate of drug-likeness (QED) is 0.725. The van der Waals surface area contributed by atoms with Crippen molar-refractivity contribution in [2.45, 2.75) is 11.8 Å². The minimum absolute atomic E-state index is 0.224. The molecule has 138 valence electrons. The second kappa shape index (κ2) is 7.63. The third-order valence-electron chi connectivity index (χ3n) is 4.20. The highest BCUT2D eigenvalue weighted by Crippen LogP contribution is 2.23. The van der Waals surface area contributed by atoms with E-state index in [1.165, 1.54) is 11.4 Å². The van der Waals surface area contributed by atoms with E-state index in [1.807, 2.05) is 25.1 Å². The van der Waals surface area contributed by atoms with E-state index in [0.29, 0.717) is 16.9 Å². The molecule has 0 saturated heterocycles. The predicted molar refractivity (Wildman–Crippen MR) is 108 cm³/mol. The number of nitrogens with one attached hydrogen (secondary N) is 1. The van der Waals surface area contributed by atoms with Gasteiger partial charge in [0.15, 0.2) is 0 Å². The van der Waals surface area contributed by atoms with Gasteiger partial charge in [-0.05, 0) is 55.5 Å². The van der Waals surface area contributed by atoms with Gasteiger partial charge < -0.3 is 5.32 Å². The number of hydrogen-bond acceptors (Lipinski definition) is 3. The largest absolute Gasteiger partial charge is 0.322 e. The van der Waals surface area contributed by atoms with Crippen molar-refractivity contribution >= 4 is 27.3 Å². The summed E-state index contributed by atoms with van der Waals surface area (Å²) in [6.07, 6.45) is 0. The van der Waals surface area contributed by atoms with Gasteiger partial charge in [-0.3, -0.25) is 9.10 Å². The Balaban J connectivity index is 1.78. The van der Waals surface area contributed by atoms with Gasteiger partial charge in [-0.2, -0.15) is 0 Å². The van der Waals surface area contributed by atoms with Gasteiger partial charge in [0.2, 0.25) is 0 Å². The fourth-order valence-electron chi connectivity index (χ4n) is 2.55. The van der Waals surface area contributed by atoms with Crippen LogP contribution in [0.4, 0.5) is 11.4 Å². The fourth-order valence-corrected chi connectivity index (χ4v) is 3.75. The highest BCUT2D eigenvalue weighted by atomic mass is 32.2. The van der Waals surface area contributed by atoms with Gasteiger partial charge in [0.25, 0.3) is 15.9 Å². The number of anilines is 2. The molecule has 0 aliphatic carbocycles. The van der Waals surface area contributed by atoms with Gasteiger partial charge in [0.05, 0.1) is 10.6 Å². The van der Waals surface area contributed by atoms with Crippen LogP contribution in [0.15, 0.2) is 83.8 Å². The maximum absolute atomic E-state index is 12.8. The Bertz CT molecular complexity index is 1030. The van der Waals surface area contributed by atoms with Crippen molar-refractivity contribution in [2.24, 2.45) is 0 Å². The van der Waals surface area contributed by atoms with Crippen LogP contribution < -0.4 is 9.62 Å². The molecule has 0 spiro atoms. The molecular weight excluding hydrogens is 360 g/mol. The summed E-state index contributed by atoms with van der Waals surface area (Å²) in [6, 6.07) is 22.3. The first-order valence-corrected chi connectivity index (χ1v) is 9.84. The van der Waals surface area contributed by atoms with E-state index < -0.39 is 10.0 Å². The minimum atomic E-state index is -3.66. The second-order valence-corrected chi connectivity index (χ2v) is 8.12. The van der Waals surface area contributed by atoms with Crippen LogP contribution >= 0.6 is 0 Å². The molecule has 1 amide bonds. The topological polar surface area (TPSA) is 66.5 Å². The molecule has 0 bridgehead atoms. The number of amides is 1. The standard InChI is InChI=1S/C21H20N2O3S/c1-16-8-14-20(15-9-16)27(25,26)23(2)19-12-10-17(11-13-19)21(24)22-18-6-4-3-5-7-18/h3-15H,1-2H3,(H,22,24). The Hall–Kier alpha value is -3.12. The molecule has 0 heterocycles. The summed E-state index contributed by atoms with van der Waals surface area (Å²) in [7, 11) is -2.16. The van der Waals surface area contributed by atoms with Crippen LogP contribution in [-0.2, 0) is 10.0 Å². The van der Waals surface area contributed by atoms with Gasteiger partial charge >= 0.3 is 0 Å². The zero-order valence-corrected chi connectivity index (χ0v) is 15.9. The van der Waals surface area contributed by atoms with E-state index in [-0.39, 0.29) is 10.8 Å².